The van der Waals surface area contributed by atoms with Gasteiger partial charge in [-0.1, -0.05) is 32.0 Å². The molecule has 0 aliphatic rings. The Bertz CT molecular complexity index is 723. The monoisotopic (exact) mass is 346 g/mol. The van der Waals surface area contributed by atoms with E-state index in [1.807, 2.05) is 24.3 Å². The summed E-state index contributed by atoms with van der Waals surface area (Å²) in [6.45, 7) is 6.28. The molecular weight excluding hydrogens is 320 g/mol. The summed E-state index contributed by atoms with van der Waals surface area (Å²) in [4.78, 5) is 26.9. The summed E-state index contributed by atoms with van der Waals surface area (Å²) >= 11 is 0. The van der Waals surface area contributed by atoms with E-state index in [-0.39, 0.29) is 6.42 Å². The molecule has 0 spiro atoms. The number of hydrogen-bond acceptors (Lipinski definition) is 3. The first kappa shape index (κ1) is 19.0. The Kier molecular flexibility index (Phi) is 6.58. The third kappa shape index (κ3) is 5.32. The number of hydrogen-bond donors (Lipinski definition) is 3. The molecule has 25 heavy (non-hydrogen) atoms. The predicted octanol–water partition coefficient (Wildman–Crippen LogP) is 2.73. The topological polar surface area (TPSA) is 91.4 Å². The first-order valence-electron chi connectivity index (χ1n) is 8.58. The number of para-hydroxylation sites is 1. The van der Waals surface area contributed by atoms with Crippen molar-refractivity contribution in [3.8, 4) is 0 Å². The van der Waals surface area contributed by atoms with Gasteiger partial charge in [0.25, 0.3) is 0 Å². The van der Waals surface area contributed by atoms with Crippen molar-refractivity contribution in [2.45, 2.75) is 45.8 Å². The van der Waals surface area contributed by atoms with E-state index in [9.17, 15) is 14.7 Å². The van der Waals surface area contributed by atoms with Crippen LogP contribution in [-0.4, -0.2) is 40.7 Å². The zero-order chi connectivity index (χ0) is 18.4. The van der Waals surface area contributed by atoms with E-state index in [2.05, 4.69) is 24.1 Å². The number of nitrogens with one attached hydrogen (secondary N) is 2. The number of carbonyl (C=O) groups excluding carboxylic acids is 1. The summed E-state index contributed by atoms with van der Waals surface area (Å²) in [6, 6.07) is 6.67. The largest absolute Gasteiger partial charge is 0.480 e. The molecule has 6 nitrogen and oxygen atoms in total. The van der Waals surface area contributed by atoms with Crippen LogP contribution in [0.4, 0.5) is 0 Å². The van der Waals surface area contributed by atoms with Crippen LogP contribution in [0.5, 0.6) is 0 Å². The van der Waals surface area contributed by atoms with E-state index in [0.29, 0.717) is 12.5 Å². The highest BCUT2D eigenvalue weighted by molar-refractivity contribution is 5.88. The average Bonchev–Trinajstić information content (AvgIpc) is 2.96. The maximum absolute atomic E-state index is 12.2. The third-order valence-electron chi connectivity index (χ3n) is 4.15. The standard InChI is InChI=1S/C19H26N2O4/c1-12(2)8-9-25-13(3)18(22)21-17(19(23)24)10-14-11-20-16-7-5-4-6-15(14)16/h4-7,11-13,17,20H,8-10H2,1-3H3,(H,21,22)(H,23,24). The van der Waals surface area contributed by atoms with Crippen molar-refractivity contribution in [3.05, 3.63) is 36.0 Å². The van der Waals surface area contributed by atoms with E-state index in [1.54, 1.807) is 13.1 Å². The van der Waals surface area contributed by atoms with Crippen LogP contribution in [0.15, 0.2) is 30.5 Å². The minimum atomic E-state index is -1.06. The molecule has 3 N–H and O–H groups in total. The number of carbonyl (C=O) groups is 2. The summed E-state index contributed by atoms with van der Waals surface area (Å²) in [6.07, 6.45) is 2.18. The number of amides is 1. The van der Waals surface area contributed by atoms with Gasteiger partial charge in [0.1, 0.15) is 12.1 Å². The minimum absolute atomic E-state index is 0.212. The summed E-state index contributed by atoms with van der Waals surface area (Å²) in [7, 11) is 0. The molecular formula is C19H26N2O4. The second-order valence-electron chi connectivity index (χ2n) is 6.66. The predicted molar refractivity (Wildman–Crippen MR) is 96.4 cm³/mol. The Labute approximate surface area is 147 Å². The van der Waals surface area contributed by atoms with E-state index in [0.717, 1.165) is 22.9 Å². The van der Waals surface area contributed by atoms with Crippen molar-refractivity contribution in [2.75, 3.05) is 6.61 Å². The van der Waals surface area contributed by atoms with E-state index in [4.69, 9.17) is 4.74 Å². The molecule has 0 fully saturated rings. The fourth-order valence-electron chi connectivity index (χ4n) is 2.57. The van der Waals surface area contributed by atoms with Crippen molar-refractivity contribution >= 4 is 22.8 Å². The molecule has 2 unspecified atom stereocenters. The van der Waals surface area contributed by atoms with Gasteiger partial charge in [-0.05, 0) is 30.9 Å². The molecule has 2 atom stereocenters. The molecule has 2 aromatic rings. The first-order chi connectivity index (χ1) is 11.9. The zero-order valence-electron chi connectivity index (χ0n) is 14.9. The Morgan fingerprint density at radius 3 is 2.64 bits per heavy atom. The van der Waals surface area contributed by atoms with Crippen molar-refractivity contribution < 1.29 is 19.4 Å². The number of fused-ring (bicyclic) bond motifs is 1. The molecule has 1 heterocycles. The lowest BCUT2D eigenvalue weighted by atomic mass is 10.0. The van der Waals surface area contributed by atoms with Crippen molar-refractivity contribution in [1.82, 2.24) is 10.3 Å². The normalized spacial score (nSPS) is 13.8. The van der Waals surface area contributed by atoms with Gasteiger partial charge in [-0.25, -0.2) is 4.79 Å². The minimum Gasteiger partial charge on any atom is -0.480 e. The number of ether oxygens (including phenoxy) is 1. The molecule has 0 radical (unpaired) electrons. The maximum atomic E-state index is 12.2. The molecule has 2 rings (SSSR count). The van der Waals surface area contributed by atoms with Gasteiger partial charge >= 0.3 is 5.97 Å². The number of aromatic amines is 1. The van der Waals surface area contributed by atoms with Crippen molar-refractivity contribution in [3.63, 3.8) is 0 Å². The van der Waals surface area contributed by atoms with Crippen LogP contribution in [0.25, 0.3) is 10.9 Å². The Balaban J connectivity index is 1.98. The molecule has 1 aromatic carbocycles. The Morgan fingerprint density at radius 1 is 1.24 bits per heavy atom. The molecule has 136 valence electrons. The molecule has 0 aliphatic carbocycles. The van der Waals surface area contributed by atoms with E-state index < -0.39 is 24.0 Å². The van der Waals surface area contributed by atoms with Gasteiger partial charge in [-0.15, -0.1) is 0 Å². The second kappa shape index (κ2) is 8.67. The molecule has 6 heteroatoms. The zero-order valence-corrected chi connectivity index (χ0v) is 14.9. The number of rotatable bonds is 9. The van der Waals surface area contributed by atoms with Crippen LogP contribution in [-0.2, 0) is 20.7 Å². The van der Waals surface area contributed by atoms with Gasteiger partial charge in [0.15, 0.2) is 0 Å². The summed E-state index contributed by atoms with van der Waals surface area (Å²) in [5.41, 5.74) is 1.80. The van der Waals surface area contributed by atoms with Gasteiger partial charge in [0.05, 0.1) is 0 Å². The highest BCUT2D eigenvalue weighted by Gasteiger charge is 2.24. The van der Waals surface area contributed by atoms with Crippen LogP contribution in [0, 0.1) is 5.92 Å². The lowest BCUT2D eigenvalue weighted by Crippen LogP contribution is -2.46. The van der Waals surface area contributed by atoms with Gasteiger partial charge in [0, 0.05) is 30.1 Å². The van der Waals surface area contributed by atoms with E-state index in [1.165, 1.54) is 0 Å². The highest BCUT2D eigenvalue weighted by atomic mass is 16.5. The molecule has 0 bridgehead atoms. The highest BCUT2D eigenvalue weighted by Crippen LogP contribution is 2.19. The number of aliphatic carboxylic acids is 1. The van der Waals surface area contributed by atoms with Crippen LogP contribution in [0.2, 0.25) is 0 Å². The first-order valence-corrected chi connectivity index (χ1v) is 8.58. The number of carboxylic acids is 1. The van der Waals surface area contributed by atoms with Crippen molar-refractivity contribution in [2.24, 2.45) is 5.92 Å². The smallest absolute Gasteiger partial charge is 0.326 e. The molecule has 0 aliphatic heterocycles. The maximum Gasteiger partial charge on any atom is 0.326 e. The second-order valence-corrected chi connectivity index (χ2v) is 6.66. The fraction of sp³-hybridized carbons (Fsp3) is 0.474. The van der Waals surface area contributed by atoms with Crippen LogP contribution in [0.1, 0.15) is 32.8 Å². The quantitative estimate of drug-likeness (QED) is 0.651. The van der Waals surface area contributed by atoms with Crippen LogP contribution in [0.3, 0.4) is 0 Å². The SMILES string of the molecule is CC(C)CCOC(C)C(=O)NC(Cc1c[nH]c2ccccc12)C(=O)O. The van der Waals surface area contributed by atoms with E-state index >= 15 is 0 Å². The number of benzene rings is 1. The van der Waals surface area contributed by atoms with Crippen LogP contribution >= 0.6 is 0 Å². The summed E-state index contributed by atoms with van der Waals surface area (Å²) < 4.78 is 5.49. The summed E-state index contributed by atoms with van der Waals surface area (Å²) in [5.74, 6) is -0.979. The molecule has 1 amide bonds. The van der Waals surface area contributed by atoms with Crippen molar-refractivity contribution in [1.29, 1.82) is 0 Å². The lowest BCUT2D eigenvalue weighted by molar-refractivity contribution is -0.144. The summed E-state index contributed by atoms with van der Waals surface area (Å²) in [5, 5.41) is 13.0. The van der Waals surface area contributed by atoms with Gasteiger partial charge in [-0.2, -0.15) is 0 Å². The fourth-order valence-corrected chi connectivity index (χ4v) is 2.57. The van der Waals surface area contributed by atoms with Gasteiger partial charge in [-0.3, -0.25) is 4.79 Å². The number of carboxylic acid groups (broad SMARTS) is 1. The number of aromatic nitrogens is 1. The van der Waals surface area contributed by atoms with Gasteiger partial charge in [0.2, 0.25) is 5.91 Å². The lowest BCUT2D eigenvalue weighted by Gasteiger charge is -2.18. The molecule has 0 saturated heterocycles. The Morgan fingerprint density at radius 2 is 1.96 bits per heavy atom. The average molecular weight is 346 g/mol. The Hall–Kier alpha value is -2.34. The number of H-pyrrole nitrogens is 1. The van der Waals surface area contributed by atoms with Crippen LogP contribution < -0.4 is 5.32 Å². The molecule has 0 saturated carbocycles. The van der Waals surface area contributed by atoms with Gasteiger partial charge < -0.3 is 20.1 Å². The molecule has 1 aromatic heterocycles. The third-order valence-corrected chi connectivity index (χ3v) is 4.15.